The molecule has 0 aromatic carbocycles. The summed E-state index contributed by atoms with van der Waals surface area (Å²) in [6.45, 7) is 9.70. The summed E-state index contributed by atoms with van der Waals surface area (Å²) < 4.78 is 34.4. The maximum Gasteiger partial charge on any atom is 0.282 e. The summed E-state index contributed by atoms with van der Waals surface area (Å²) in [6.07, 6.45) is -0.0725. The maximum atomic E-state index is 12.8. The molecule has 7 nitrogen and oxygen atoms in total. The largest absolute Gasteiger partial charge is 0.373 e. The second-order valence-corrected chi connectivity index (χ2v) is 8.26. The summed E-state index contributed by atoms with van der Waals surface area (Å²) in [5.74, 6) is 0. The topological polar surface area (TPSA) is 65.1 Å². The van der Waals surface area contributed by atoms with E-state index >= 15 is 0 Å². The van der Waals surface area contributed by atoms with E-state index in [0.717, 1.165) is 26.2 Å². The molecule has 0 aromatic rings. The molecular formula is C13H26N4O3S. The van der Waals surface area contributed by atoms with Gasteiger partial charge in [-0.1, -0.05) is 0 Å². The van der Waals surface area contributed by atoms with Gasteiger partial charge in [0.1, 0.15) is 0 Å². The van der Waals surface area contributed by atoms with Gasteiger partial charge in [-0.15, -0.1) is 0 Å². The van der Waals surface area contributed by atoms with Crippen molar-refractivity contribution >= 4 is 10.2 Å². The van der Waals surface area contributed by atoms with Gasteiger partial charge < -0.3 is 10.1 Å². The fourth-order valence-electron chi connectivity index (χ4n) is 3.31. The predicted octanol–water partition coefficient (Wildman–Crippen LogP) is -1.07. The number of nitrogens with zero attached hydrogens (tertiary/aromatic N) is 3. The van der Waals surface area contributed by atoms with Crippen LogP contribution in [-0.2, 0) is 14.9 Å². The van der Waals surface area contributed by atoms with E-state index < -0.39 is 10.2 Å². The van der Waals surface area contributed by atoms with Crippen molar-refractivity contribution < 1.29 is 13.2 Å². The van der Waals surface area contributed by atoms with Crippen LogP contribution in [0.5, 0.6) is 0 Å². The molecule has 3 heterocycles. The van der Waals surface area contributed by atoms with Crippen molar-refractivity contribution in [3.8, 4) is 0 Å². The molecule has 3 fully saturated rings. The van der Waals surface area contributed by atoms with E-state index in [-0.39, 0.29) is 12.2 Å². The fraction of sp³-hybridized carbons (Fsp3) is 1.00. The monoisotopic (exact) mass is 318 g/mol. The average Bonchev–Trinajstić information content (AvgIpc) is 2.36. The minimum Gasteiger partial charge on any atom is -0.373 e. The van der Waals surface area contributed by atoms with Gasteiger partial charge in [0.2, 0.25) is 0 Å². The Morgan fingerprint density at radius 1 is 0.952 bits per heavy atom. The normalized spacial score (nSPS) is 34.8. The number of rotatable bonds is 3. The van der Waals surface area contributed by atoms with Gasteiger partial charge >= 0.3 is 0 Å². The van der Waals surface area contributed by atoms with Gasteiger partial charge in [0, 0.05) is 58.4 Å². The van der Waals surface area contributed by atoms with Gasteiger partial charge in [-0.2, -0.15) is 17.0 Å². The number of hydrogen-bond donors (Lipinski definition) is 1. The summed E-state index contributed by atoms with van der Waals surface area (Å²) in [5, 5.41) is 3.27. The number of morpholine rings is 1. The Kier molecular flexibility index (Phi) is 4.54. The SMILES string of the molecule is CC1CN(S(=O)(=O)N2CCN(C3CNC3)CC2)CC(C)O1. The van der Waals surface area contributed by atoms with Crippen LogP contribution >= 0.6 is 0 Å². The first kappa shape index (κ1) is 15.6. The minimum absolute atomic E-state index is 0.0362. The van der Waals surface area contributed by atoms with Crippen molar-refractivity contribution in [2.75, 3.05) is 52.4 Å². The molecule has 0 radical (unpaired) electrons. The van der Waals surface area contributed by atoms with E-state index in [2.05, 4.69) is 10.2 Å². The highest BCUT2D eigenvalue weighted by Gasteiger charge is 2.38. The van der Waals surface area contributed by atoms with Crippen LogP contribution in [0.1, 0.15) is 13.8 Å². The minimum atomic E-state index is -3.34. The molecule has 3 aliphatic heterocycles. The van der Waals surface area contributed by atoms with E-state index in [0.29, 0.717) is 32.2 Å². The lowest BCUT2D eigenvalue weighted by atomic mass is 10.1. The van der Waals surface area contributed by atoms with E-state index in [1.165, 1.54) is 0 Å². The van der Waals surface area contributed by atoms with Gasteiger partial charge in [0.25, 0.3) is 10.2 Å². The van der Waals surface area contributed by atoms with Crippen LogP contribution in [0, 0.1) is 0 Å². The third-order valence-electron chi connectivity index (χ3n) is 4.59. The molecule has 3 saturated heterocycles. The van der Waals surface area contributed by atoms with Crippen LogP contribution < -0.4 is 5.32 Å². The average molecular weight is 318 g/mol. The zero-order valence-corrected chi connectivity index (χ0v) is 13.7. The van der Waals surface area contributed by atoms with Crippen LogP contribution in [0.4, 0.5) is 0 Å². The van der Waals surface area contributed by atoms with Crippen LogP contribution in [-0.4, -0.2) is 92.5 Å². The van der Waals surface area contributed by atoms with E-state index in [4.69, 9.17) is 4.74 Å². The lowest BCUT2D eigenvalue weighted by molar-refractivity contribution is -0.0459. The molecule has 2 atom stereocenters. The van der Waals surface area contributed by atoms with Crippen molar-refractivity contribution in [1.29, 1.82) is 0 Å². The smallest absolute Gasteiger partial charge is 0.282 e. The zero-order chi connectivity index (χ0) is 15.0. The Balaban J connectivity index is 1.60. The molecule has 0 aromatic heterocycles. The molecule has 3 rings (SSSR count). The van der Waals surface area contributed by atoms with Gasteiger partial charge in [-0.05, 0) is 13.8 Å². The van der Waals surface area contributed by atoms with Crippen molar-refractivity contribution in [2.45, 2.75) is 32.1 Å². The lowest BCUT2D eigenvalue weighted by Crippen LogP contribution is -2.63. The molecule has 21 heavy (non-hydrogen) atoms. The molecule has 0 saturated carbocycles. The van der Waals surface area contributed by atoms with Crippen LogP contribution in [0.2, 0.25) is 0 Å². The second-order valence-electron chi connectivity index (χ2n) is 6.33. The van der Waals surface area contributed by atoms with Crippen LogP contribution in [0.25, 0.3) is 0 Å². The highest BCUT2D eigenvalue weighted by molar-refractivity contribution is 7.86. The Morgan fingerprint density at radius 3 is 2.00 bits per heavy atom. The van der Waals surface area contributed by atoms with Gasteiger partial charge in [0.05, 0.1) is 12.2 Å². The van der Waals surface area contributed by atoms with Crippen molar-refractivity contribution in [1.82, 2.24) is 18.8 Å². The maximum absolute atomic E-state index is 12.8. The van der Waals surface area contributed by atoms with Crippen molar-refractivity contribution in [2.24, 2.45) is 0 Å². The van der Waals surface area contributed by atoms with E-state index in [1.807, 2.05) is 13.8 Å². The fourth-order valence-corrected chi connectivity index (χ4v) is 5.06. The Morgan fingerprint density at radius 2 is 1.52 bits per heavy atom. The lowest BCUT2D eigenvalue weighted by Gasteiger charge is -2.44. The second kappa shape index (κ2) is 6.10. The first-order chi connectivity index (χ1) is 9.96. The molecule has 2 unspecified atom stereocenters. The molecule has 0 bridgehead atoms. The Labute approximate surface area is 127 Å². The molecule has 0 spiro atoms. The van der Waals surface area contributed by atoms with Crippen LogP contribution in [0.15, 0.2) is 0 Å². The summed E-state index contributed by atoms with van der Waals surface area (Å²) in [5.41, 5.74) is 0. The first-order valence-corrected chi connectivity index (χ1v) is 9.22. The standard InChI is InChI=1S/C13H26N4O3S/c1-11-9-17(10-12(2)20-11)21(18,19)16-5-3-15(4-6-16)13-7-14-8-13/h11-14H,3-10H2,1-2H3. The van der Waals surface area contributed by atoms with Gasteiger partial charge in [0.15, 0.2) is 0 Å². The molecule has 0 aliphatic carbocycles. The number of hydrogen-bond acceptors (Lipinski definition) is 5. The number of ether oxygens (including phenoxy) is 1. The number of nitrogens with one attached hydrogen (secondary N) is 1. The molecular weight excluding hydrogens is 292 g/mol. The molecule has 122 valence electrons. The quantitative estimate of drug-likeness (QED) is 0.718. The third-order valence-corrected chi connectivity index (χ3v) is 6.56. The van der Waals surface area contributed by atoms with Crippen LogP contribution in [0.3, 0.4) is 0 Å². The summed E-state index contributed by atoms with van der Waals surface area (Å²) in [6, 6.07) is 0.596. The van der Waals surface area contributed by atoms with Crippen molar-refractivity contribution in [3.63, 3.8) is 0 Å². The molecule has 3 aliphatic rings. The highest BCUT2D eigenvalue weighted by Crippen LogP contribution is 2.19. The zero-order valence-electron chi connectivity index (χ0n) is 12.9. The Bertz CT molecular complexity index is 450. The van der Waals surface area contributed by atoms with E-state index in [1.54, 1.807) is 8.61 Å². The van der Waals surface area contributed by atoms with Crippen molar-refractivity contribution in [3.05, 3.63) is 0 Å². The Hall–Kier alpha value is -0.250. The molecule has 8 heteroatoms. The summed E-state index contributed by atoms with van der Waals surface area (Å²) in [7, 11) is -3.34. The molecule has 0 amide bonds. The van der Waals surface area contributed by atoms with Gasteiger partial charge in [-0.3, -0.25) is 4.90 Å². The van der Waals surface area contributed by atoms with E-state index in [9.17, 15) is 8.42 Å². The first-order valence-electron chi connectivity index (χ1n) is 7.82. The third kappa shape index (κ3) is 3.25. The molecule has 1 N–H and O–H groups in total. The summed E-state index contributed by atoms with van der Waals surface area (Å²) in [4.78, 5) is 2.40. The van der Waals surface area contributed by atoms with Gasteiger partial charge in [-0.25, -0.2) is 0 Å². The summed E-state index contributed by atoms with van der Waals surface area (Å²) >= 11 is 0. The number of piperazine rings is 1. The predicted molar refractivity (Wildman–Crippen MR) is 80.3 cm³/mol. The highest BCUT2D eigenvalue weighted by atomic mass is 32.2.